The molecule has 3 unspecified atom stereocenters. The molecular formula is C23H22O2. The van der Waals surface area contributed by atoms with Crippen molar-refractivity contribution in [2.75, 3.05) is 0 Å². The SMILES string of the molecule is CCC1(c2ccccc2)OC1(c1ccccc1)C(O)c1ccccc1. The maximum Gasteiger partial charge on any atom is 0.157 e. The maximum absolute atomic E-state index is 11.4. The minimum absolute atomic E-state index is 0.523. The van der Waals surface area contributed by atoms with Crippen LogP contribution in [0.4, 0.5) is 0 Å². The van der Waals surface area contributed by atoms with Gasteiger partial charge in [0.15, 0.2) is 5.60 Å². The summed E-state index contributed by atoms with van der Waals surface area (Å²) in [4.78, 5) is 0. The van der Waals surface area contributed by atoms with Crippen molar-refractivity contribution in [1.82, 2.24) is 0 Å². The fourth-order valence-corrected chi connectivity index (χ4v) is 4.05. The van der Waals surface area contributed by atoms with Gasteiger partial charge in [0.2, 0.25) is 0 Å². The second-order valence-corrected chi connectivity index (χ2v) is 6.56. The highest BCUT2D eigenvalue weighted by atomic mass is 16.6. The van der Waals surface area contributed by atoms with Crippen molar-refractivity contribution in [1.29, 1.82) is 0 Å². The molecule has 25 heavy (non-hydrogen) atoms. The summed E-state index contributed by atoms with van der Waals surface area (Å²) in [5.41, 5.74) is 1.70. The number of ether oxygens (including phenoxy) is 1. The summed E-state index contributed by atoms with van der Waals surface area (Å²) in [5, 5.41) is 11.4. The molecule has 1 aliphatic rings. The molecular weight excluding hydrogens is 308 g/mol. The van der Waals surface area contributed by atoms with E-state index in [1.165, 1.54) is 0 Å². The highest BCUT2D eigenvalue weighted by molar-refractivity contribution is 5.45. The Kier molecular flexibility index (Phi) is 3.95. The average molecular weight is 330 g/mol. The molecule has 1 aliphatic heterocycles. The lowest BCUT2D eigenvalue weighted by atomic mass is 9.75. The van der Waals surface area contributed by atoms with Gasteiger partial charge in [0.05, 0.1) is 0 Å². The van der Waals surface area contributed by atoms with Crippen LogP contribution in [0.3, 0.4) is 0 Å². The van der Waals surface area contributed by atoms with Gasteiger partial charge in [-0.15, -0.1) is 0 Å². The maximum atomic E-state index is 11.4. The van der Waals surface area contributed by atoms with Gasteiger partial charge in [-0.05, 0) is 23.1 Å². The van der Waals surface area contributed by atoms with Crippen molar-refractivity contribution in [2.24, 2.45) is 0 Å². The standard InChI is InChI=1S/C23H22O2/c1-2-22(19-14-8-4-9-15-19)23(25-22,20-16-10-5-11-17-20)21(24)18-12-6-3-7-13-18/h3-17,21,24H,2H2,1H3. The third-order valence-electron chi connectivity index (χ3n) is 5.33. The lowest BCUT2D eigenvalue weighted by Gasteiger charge is -2.25. The van der Waals surface area contributed by atoms with Gasteiger partial charge in [0, 0.05) is 0 Å². The van der Waals surface area contributed by atoms with Crippen LogP contribution in [-0.2, 0) is 15.9 Å². The van der Waals surface area contributed by atoms with E-state index in [4.69, 9.17) is 4.74 Å². The van der Waals surface area contributed by atoms with Crippen molar-refractivity contribution in [3.05, 3.63) is 108 Å². The summed E-state index contributed by atoms with van der Waals surface area (Å²) in [7, 11) is 0. The highest BCUT2D eigenvalue weighted by Crippen LogP contribution is 2.69. The average Bonchev–Trinajstić information content (AvgIpc) is 3.41. The van der Waals surface area contributed by atoms with Crippen LogP contribution in [0, 0.1) is 0 Å². The van der Waals surface area contributed by atoms with Crippen molar-refractivity contribution in [3.63, 3.8) is 0 Å². The molecule has 3 aromatic rings. The minimum atomic E-state index is -0.772. The fraction of sp³-hybridized carbons (Fsp3) is 0.217. The second-order valence-electron chi connectivity index (χ2n) is 6.56. The Morgan fingerprint density at radius 3 is 1.76 bits per heavy atom. The monoisotopic (exact) mass is 330 g/mol. The molecule has 0 aliphatic carbocycles. The van der Waals surface area contributed by atoms with E-state index < -0.39 is 17.3 Å². The smallest absolute Gasteiger partial charge is 0.157 e. The first-order valence-corrected chi connectivity index (χ1v) is 8.79. The first-order valence-electron chi connectivity index (χ1n) is 8.79. The van der Waals surface area contributed by atoms with Gasteiger partial charge in [-0.25, -0.2) is 0 Å². The Labute approximate surface area is 148 Å². The summed E-state index contributed by atoms with van der Waals surface area (Å²) in [6.45, 7) is 2.12. The van der Waals surface area contributed by atoms with E-state index >= 15 is 0 Å². The molecule has 1 saturated heterocycles. The number of rotatable bonds is 5. The van der Waals surface area contributed by atoms with Gasteiger partial charge < -0.3 is 9.84 Å². The zero-order valence-electron chi connectivity index (χ0n) is 14.3. The molecule has 0 aromatic heterocycles. The molecule has 126 valence electrons. The predicted molar refractivity (Wildman–Crippen MR) is 99.0 cm³/mol. The molecule has 2 heteroatoms. The van der Waals surface area contributed by atoms with Crippen molar-refractivity contribution in [3.8, 4) is 0 Å². The number of aliphatic hydroxyl groups is 1. The molecule has 2 nitrogen and oxygen atoms in total. The van der Waals surface area contributed by atoms with Crippen LogP contribution in [0.25, 0.3) is 0 Å². The summed E-state index contributed by atoms with van der Waals surface area (Å²) in [6.07, 6.45) is 0.0479. The molecule has 0 radical (unpaired) electrons. The largest absolute Gasteiger partial charge is 0.385 e. The van der Waals surface area contributed by atoms with Crippen molar-refractivity contribution >= 4 is 0 Å². The fourth-order valence-electron chi connectivity index (χ4n) is 4.05. The number of aliphatic hydroxyl groups excluding tert-OH is 1. The van der Waals surface area contributed by atoms with Gasteiger partial charge >= 0.3 is 0 Å². The van der Waals surface area contributed by atoms with Gasteiger partial charge in [-0.2, -0.15) is 0 Å². The zero-order chi connectivity index (χ0) is 17.3. The lowest BCUT2D eigenvalue weighted by molar-refractivity contribution is 0.0729. The molecule has 0 saturated carbocycles. The van der Waals surface area contributed by atoms with Crippen LogP contribution in [0.15, 0.2) is 91.0 Å². The highest BCUT2D eigenvalue weighted by Gasteiger charge is 2.74. The Hall–Kier alpha value is -2.42. The number of epoxide rings is 1. The van der Waals surface area contributed by atoms with Crippen LogP contribution in [0.2, 0.25) is 0 Å². The third kappa shape index (κ3) is 2.33. The lowest BCUT2D eigenvalue weighted by Crippen LogP contribution is -2.29. The van der Waals surface area contributed by atoms with Crippen LogP contribution >= 0.6 is 0 Å². The van der Waals surface area contributed by atoms with E-state index in [0.29, 0.717) is 0 Å². The van der Waals surface area contributed by atoms with Gasteiger partial charge in [-0.1, -0.05) is 97.9 Å². The van der Waals surface area contributed by atoms with E-state index in [1.807, 2.05) is 78.9 Å². The number of hydrogen-bond acceptors (Lipinski definition) is 2. The molecule has 1 fully saturated rings. The molecule has 3 atom stereocenters. The first kappa shape index (κ1) is 16.1. The van der Waals surface area contributed by atoms with E-state index in [0.717, 1.165) is 23.1 Å². The third-order valence-corrected chi connectivity index (χ3v) is 5.33. The normalized spacial score (nSPS) is 26.2. The number of benzene rings is 3. The summed E-state index contributed by atoms with van der Waals surface area (Å²) < 4.78 is 6.48. The van der Waals surface area contributed by atoms with Gasteiger partial charge in [0.25, 0.3) is 0 Å². The quantitative estimate of drug-likeness (QED) is 0.671. The first-order chi connectivity index (χ1) is 12.2. The molecule has 0 spiro atoms. The van der Waals surface area contributed by atoms with Gasteiger partial charge in [-0.3, -0.25) is 0 Å². The molecule has 1 N–H and O–H groups in total. The van der Waals surface area contributed by atoms with E-state index in [-0.39, 0.29) is 0 Å². The van der Waals surface area contributed by atoms with Crippen LogP contribution in [0.5, 0.6) is 0 Å². The predicted octanol–water partition coefficient (Wildman–Crippen LogP) is 4.95. The Bertz CT molecular complexity index is 832. The molecule has 4 rings (SSSR count). The van der Waals surface area contributed by atoms with E-state index in [1.54, 1.807) is 0 Å². The van der Waals surface area contributed by atoms with E-state index in [2.05, 4.69) is 19.1 Å². The topological polar surface area (TPSA) is 32.8 Å². The molecule has 0 amide bonds. The summed E-state index contributed by atoms with van der Waals surface area (Å²) in [5.74, 6) is 0. The second kappa shape index (κ2) is 6.14. The number of hydrogen-bond donors (Lipinski definition) is 1. The Morgan fingerprint density at radius 1 is 0.760 bits per heavy atom. The molecule has 3 aromatic carbocycles. The Balaban J connectivity index is 1.88. The van der Waals surface area contributed by atoms with Crippen LogP contribution in [0.1, 0.15) is 36.1 Å². The van der Waals surface area contributed by atoms with Crippen molar-refractivity contribution in [2.45, 2.75) is 30.7 Å². The van der Waals surface area contributed by atoms with Crippen molar-refractivity contribution < 1.29 is 9.84 Å². The molecule has 0 bridgehead atoms. The molecule has 1 heterocycles. The van der Waals surface area contributed by atoms with Crippen LogP contribution in [-0.4, -0.2) is 5.11 Å². The van der Waals surface area contributed by atoms with E-state index in [9.17, 15) is 5.11 Å². The summed E-state index contributed by atoms with van der Waals surface area (Å²) >= 11 is 0. The zero-order valence-corrected chi connectivity index (χ0v) is 14.3. The van der Waals surface area contributed by atoms with Crippen LogP contribution < -0.4 is 0 Å². The minimum Gasteiger partial charge on any atom is -0.385 e. The Morgan fingerprint density at radius 2 is 1.24 bits per heavy atom. The van der Waals surface area contributed by atoms with Gasteiger partial charge in [0.1, 0.15) is 11.7 Å². The summed E-state index contributed by atoms with van der Waals surface area (Å²) in [6, 6.07) is 30.1.